The maximum absolute atomic E-state index is 13.0. The van der Waals surface area contributed by atoms with Crippen molar-refractivity contribution in [1.29, 1.82) is 0 Å². The number of hydrogen-bond acceptors (Lipinski definition) is 4. The summed E-state index contributed by atoms with van der Waals surface area (Å²) < 4.78 is 23.3. The van der Waals surface area contributed by atoms with Gasteiger partial charge in [0.1, 0.15) is 9.81 Å². The van der Waals surface area contributed by atoms with E-state index in [0.717, 1.165) is 5.56 Å². The van der Waals surface area contributed by atoms with E-state index >= 15 is 0 Å². The van der Waals surface area contributed by atoms with Gasteiger partial charge >= 0.3 is 7.60 Å². The van der Waals surface area contributed by atoms with Crippen LogP contribution in [0.5, 0.6) is 5.75 Å². The van der Waals surface area contributed by atoms with Gasteiger partial charge in [-0.2, -0.15) is 0 Å². The number of phenols is 1. The van der Waals surface area contributed by atoms with Crippen LogP contribution in [0.2, 0.25) is 0 Å². The molecule has 0 saturated heterocycles. The fourth-order valence-electron chi connectivity index (χ4n) is 1.79. The number of benzene rings is 1. The Morgan fingerprint density at radius 2 is 1.80 bits per heavy atom. The normalized spacial score (nSPS) is 15.1. The SMILES string of the molecule is CCOP(=O)(OCC)C(C)(Br)c1cc(C)c(Br)c(O)c1. The van der Waals surface area contributed by atoms with Crippen LogP contribution in [0.4, 0.5) is 0 Å². The number of hydrogen-bond donors (Lipinski definition) is 1. The highest BCUT2D eigenvalue weighted by Crippen LogP contribution is 2.68. The highest BCUT2D eigenvalue weighted by Gasteiger charge is 2.47. The van der Waals surface area contributed by atoms with Gasteiger partial charge in [0, 0.05) is 0 Å². The molecule has 1 aromatic carbocycles. The van der Waals surface area contributed by atoms with Gasteiger partial charge < -0.3 is 14.2 Å². The lowest BCUT2D eigenvalue weighted by Gasteiger charge is -2.31. The predicted octanol–water partition coefficient (Wildman–Crippen LogP) is 5.30. The molecule has 4 nitrogen and oxygen atoms in total. The molecular weight excluding hydrogens is 411 g/mol. The predicted molar refractivity (Wildman–Crippen MR) is 87.7 cm³/mol. The zero-order valence-electron chi connectivity index (χ0n) is 11.9. The number of halogens is 2. The van der Waals surface area contributed by atoms with E-state index in [0.29, 0.717) is 10.0 Å². The second-order valence-corrected chi connectivity index (χ2v) is 9.81. The lowest BCUT2D eigenvalue weighted by atomic mass is 10.1. The maximum Gasteiger partial charge on any atom is 0.351 e. The summed E-state index contributed by atoms with van der Waals surface area (Å²) in [7, 11) is -3.41. The Hall–Kier alpha value is 0.130. The Morgan fingerprint density at radius 3 is 2.20 bits per heavy atom. The van der Waals surface area contributed by atoms with Crippen LogP contribution in [0.1, 0.15) is 31.9 Å². The summed E-state index contributed by atoms with van der Waals surface area (Å²) in [5.41, 5.74) is 1.48. The molecule has 0 fully saturated rings. The fraction of sp³-hybridized carbons (Fsp3) is 0.538. The van der Waals surface area contributed by atoms with Crippen molar-refractivity contribution < 1.29 is 18.7 Å². The molecule has 7 heteroatoms. The Morgan fingerprint density at radius 1 is 1.30 bits per heavy atom. The van der Waals surface area contributed by atoms with Crippen molar-refractivity contribution in [2.75, 3.05) is 13.2 Å². The Labute approximate surface area is 136 Å². The first-order chi connectivity index (χ1) is 9.19. The van der Waals surface area contributed by atoms with Gasteiger partial charge in [-0.15, -0.1) is 0 Å². The second-order valence-electron chi connectivity index (χ2n) is 4.41. The monoisotopic (exact) mass is 428 g/mol. The zero-order valence-corrected chi connectivity index (χ0v) is 16.0. The number of alkyl halides is 1. The topological polar surface area (TPSA) is 55.8 Å². The molecule has 0 spiro atoms. The van der Waals surface area contributed by atoms with E-state index in [4.69, 9.17) is 9.05 Å². The van der Waals surface area contributed by atoms with E-state index in [1.165, 1.54) is 0 Å². The first-order valence-electron chi connectivity index (χ1n) is 6.27. The second kappa shape index (κ2) is 6.93. The van der Waals surface area contributed by atoms with E-state index in [-0.39, 0.29) is 19.0 Å². The average molecular weight is 430 g/mol. The molecule has 0 aliphatic rings. The van der Waals surface area contributed by atoms with Gasteiger partial charge in [0.15, 0.2) is 0 Å². The van der Waals surface area contributed by atoms with Gasteiger partial charge in [-0.05, 0) is 60.8 Å². The van der Waals surface area contributed by atoms with Crippen LogP contribution < -0.4 is 0 Å². The minimum Gasteiger partial charge on any atom is -0.507 e. The lowest BCUT2D eigenvalue weighted by molar-refractivity contribution is 0.210. The van der Waals surface area contributed by atoms with E-state index in [2.05, 4.69) is 31.9 Å². The van der Waals surface area contributed by atoms with Crippen molar-refractivity contribution in [3.63, 3.8) is 0 Å². The number of aryl methyl sites for hydroxylation is 1. The molecule has 0 amide bonds. The standard InChI is InChI=1S/C13H19Br2O4P/c1-5-18-20(17,19-6-2)13(4,15)10-7-9(3)12(14)11(16)8-10/h7-8,16H,5-6H2,1-4H3. The molecule has 114 valence electrons. The van der Waals surface area contributed by atoms with E-state index in [1.54, 1.807) is 26.8 Å². The number of phenolic OH excluding ortho intramolecular Hbond substituents is 1. The molecule has 0 aliphatic carbocycles. The van der Waals surface area contributed by atoms with Crippen LogP contribution in [0.3, 0.4) is 0 Å². The minimum absolute atomic E-state index is 0.0882. The Kier molecular flexibility index (Phi) is 6.30. The van der Waals surface area contributed by atoms with Crippen LogP contribution in [0, 0.1) is 6.92 Å². The van der Waals surface area contributed by atoms with Gasteiger partial charge in [0.25, 0.3) is 0 Å². The summed E-state index contributed by atoms with van der Waals surface area (Å²) in [5.74, 6) is 0.0882. The van der Waals surface area contributed by atoms with Crippen molar-refractivity contribution in [2.45, 2.75) is 31.8 Å². The van der Waals surface area contributed by atoms with Crippen LogP contribution >= 0.6 is 39.5 Å². The maximum atomic E-state index is 13.0. The van der Waals surface area contributed by atoms with E-state index in [1.807, 2.05) is 13.0 Å². The minimum atomic E-state index is -3.41. The fourth-order valence-corrected chi connectivity index (χ4v) is 4.55. The van der Waals surface area contributed by atoms with Gasteiger partial charge in [0.05, 0.1) is 17.7 Å². The summed E-state index contributed by atoms with van der Waals surface area (Å²) in [5, 5.41) is 9.93. The molecule has 1 rings (SSSR count). The molecular formula is C13H19Br2O4P. The van der Waals surface area contributed by atoms with Crippen molar-refractivity contribution in [1.82, 2.24) is 0 Å². The Bertz CT molecular complexity index is 498. The van der Waals surface area contributed by atoms with Crippen molar-refractivity contribution in [2.24, 2.45) is 0 Å². The molecule has 1 aromatic rings. The highest BCUT2D eigenvalue weighted by molar-refractivity contribution is 9.11. The molecule has 0 bridgehead atoms. The smallest absolute Gasteiger partial charge is 0.351 e. The van der Waals surface area contributed by atoms with E-state index in [9.17, 15) is 9.67 Å². The molecule has 0 saturated carbocycles. The molecule has 0 radical (unpaired) electrons. The third kappa shape index (κ3) is 3.47. The average Bonchev–Trinajstić information content (AvgIpc) is 2.35. The van der Waals surface area contributed by atoms with E-state index < -0.39 is 11.7 Å². The molecule has 0 aromatic heterocycles. The van der Waals surface area contributed by atoms with Crippen molar-refractivity contribution in [3.8, 4) is 5.75 Å². The molecule has 1 atom stereocenters. The highest BCUT2D eigenvalue weighted by atomic mass is 79.9. The van der Waals surface area contributed by atoms with Crippen molar-refractivity contribution in [3.05, 3.63) is 27.7 Å². The first kappa shape index (κ1) is 18.2. The number of aromatic hydroxyl groups is 1. The molecule has 1 N–H and O–H groups in total. The van der Waals surface area contributed by atoms with Gasteiger partial charge in [-0.3, -0.25) is 4.57 Å². The summed E-state index contributed by atoms with van der Waals surface area (Å²) in [6, 6.07) is 3.39. The largest absolute Gasteiger partial charge is 0.507 e. The van der Waals surface area contributed by atoms with Crippen LogP contribution in [-0.2, 0) is 17.7 Å². The van der Waals surface area contributed by atoms with Crippen LogP contribution in [0.15, 0.2) is 16.6 Å². The molecule has 0 aliphatic heterocycles. The zero-order chi connectivity index (χ0) is 15.6. The molecule has 1 unspecified atom stereocenters. The molecule has 0 heterocycles. The van der Waals surface area contributed by atoms with Gasteiger partial charge in [-0.25, -0.2) is 0 Å². The van der Waals surface area contributed by atoms with Crippen molar-refractivity contribution >= 4 is 39.5 Å². The Balaban J connectivity index is 3.36. The summed E-state index contributed by atoms with van der Waals surface area (Å²) in [6.07, 6.45) is 0. The van der Waals surface area contributed by atoms with Crippen LogP contribution in [-0.4, -0.2) is 18.3 Å². The van der Waals surface area contributed by atoms with Gasteiger partial charge in [0.2, 0.25) is 0 Å². The summed E-state index contributed by atoms with van der Waals surface area (Å²) in [6.45, 7) is 7.65. The first-order valence-corrected chi connectivity index (χ1v) is 9.40. The lowest BCUT2D eigenvalue weighted by Crippen LogP contribution is -2.18. The van der Waals surface area contributed by atoms with Gasteiger partial charge in [-0.1, -0.05) is 22.0 Å². The quantitative estimate of drug-likeness (QED) is 0.492. The van der Waals surface area contributed by atoms with Crippen LogP contribution in [0.25, 0.3) is 0 Å². The third-order valence-electron chi connectivity index (χ3n) is 2.87. The summed E-state index contributed by atoms with van der Waals surface area (Å²) in [4.78, 5) is 0. The number of rotatable bonds is 6. The summed E-state index contributed by atoms with van der Waals surface area (Å²) >= 11 is 6.76. The third-order valence-corrected chi connectivity index (χ3v) is 8.15. The molecule has 20 heavy (non-hydrogen) atoms.